The lowest BCUT2D eigenvalue weighted by Gasteiger charge is -2.30. The zero-order valence-electron chi connectivity index (χ0n) is 22.0. The van der Waals surface area contributed by atoms with Gasteiger partial charge in [0, 0.05) is 18.1 Å². The Morgan fingerprint density at radius 2 is 1.24 bits per heavy atom. The number of hydrogen-bond acceptors (Lipinski definition) is 3. The second-order valence-electron chi connectivity index (χ2n) is 10.1. The molecule has 0 fully saturated rings. The minimum atomic E-state index is -1.01. The number of carboxylic acids is 1. The maximum atomic E-state index is 9.79. The molecule has 0 saturated heterocycles. The molecule has 4 nitrogen and oxygen atoms in total. The summed E-state index contributed by atoms with van der Waals surface area (Å²) in [5.41, 5.74) is 1.46. The van der Waals surface area contributed by atoms with E-state index in [1.165, 1.54) is 89.2 Å². The van der Waals surface area contributed by atoms with Gasteiger partial charge in [0.25, 0.3) is 0 Å². The van der Waals surface area contributed by atoms with Crippen LogP contribution in [-0.4, -0.2) is 42.8 Å². The van der Waals surface area contributed by atoms with Crippen LogP contribution in [0.25, 0.3) is 0 Å². The van der Waals surface area contributed by atoms with Crippen molar-refractivity contribution in [2.75, 3.05) is 27.2 Å². The van der Waals surface area contributed by atoms with Gasteiger partial charge in [-0.05, 0) is 32.1 Å². The molecule has 33 heavy (non-hydrogen) atoms. The molecule has 0 amide bonds. The zero-order chi connectivity index (χ0) is 24.6. The molecule has 4 heteroatoms. The van der Waals surface area contributed by atoms with Crippen molar-refractivity contribution in [2.24, 2.45) is 0 Å². The third kappa shape index (κ3) is 23.6. The predicted octanol–water partition coefficient (Wildman–Crippen LogP) is 6.25. The Hall–Kier alpha value is -1.39. The van der Waals surface area contributed by atoms with Crippen LogP contribution in [0.15, 0.2) is 30.3 Å². The number of quaternary nitrogens is 1. The van der Waals surface area contributed by atoms with E-state index < -0.39 is 5.97 Å². The fourth-order valence-electron chi connectivity index (χ4n) is 4.10. The van der Waals surface area contributed by atoms with Gasteiger partial charge in [-0.1, -0.05) is 108 Å². The number of unbranched alkanes of at least 4 members (excludes halogenated alkanes) is 13. The highest BCUT2D eigenvalue weighted by molar-refractivity contribution is 5.64. The first-order valence-corrected chi connectivity index (χ1v) is 13.6. The fraction of sp³-hybridized carbons (Fsp3) is 0.759. The van der Waals surface area contributed by atoms with E-state index in [-0.39, 0.29) is 13.0 Å². The summed E-state index contributed by atoms with van der Waals surface area (Å²) in [7, 11) is 4.73. The van der Waals surface area contributed by atoms with E-state index in [0.29, 0.717) is 12.8 Å². The van der Waals surface area contributed by atoms with Crippen LogP contribution < -0.4 is 5.11 Å². The molecule has 0 atom stereocenters. The molecule has 1 rings (SSSR count). The summed E-state index contributed by atoms with van der Waals surface area (Å²) in [5, 5.41) is 18.1. The minimum Gasteiger partial charge on any atom is -0.550 e. The highest BCUT2D eigenvalue weighted by atomic mass is 16.4. The van der Waals surface area contributed by atoms with E-state index in [4.69, 9.17) is 5.11 Å². The molecular weight excluding hydrogens is 410 g/mol. The number of nitrogens with zero attached hydrogens (tertiary/aromatic N) is 1. The maximum Gasteiger partial charge on any atom is 0.104 e. The van der Waals surface area contributed by atoms with E-state index >= 15 is 0 Å². The monoisotopic (exact) mass is 463 g/mol. The number of aliphatic hydroxyl groups is 1. The van der Waals surface area contributed by atoms with Crippen LogP contribution in [0, 0.1) is 0 Å². The molecule has 192 valence electrons. The van der Waals surface area contributed by atoms with Crippen molar-refractivity contribution in [3.8, 4) is 0 Å². The number of carbonyl (C=O) groups excluding carboxylic acids is 1. The van der Waals surface area contributed by atoms with Crippen molar-refractivity contribution in [3.05, 3.63) is 35.9 Å². The van der Waals surface area contributed by atoms with Crippen molar-refractivity contribution in [1.82, 2.24) is 0 Å². The summed E-state index contributed by atoms with van der Waals surface area (Å²) >= 11 is 0. The fourth-order valence-corrected chi connectivity index (χ4v) is 4.10. The molecule has 1 N–H and O–H groups in total. The summed E-state index contributed by atoms with van der Waals surface area (Å²) in [6, 6.07) is 10.9. The van der Waals surface area contributed by atoms with Gasteiger partial charge in [-0.3, -0.25) is 0 Å². The maximum absolute atomic E-state index is 9.79. The first-order valence-electron chi connectivity index (χ1n) is 13.6. The van der Waals surface area contributed by atoms with Gasteiger partial charge in [0.15, 0.2) is 0 Å². The van der Waals surface area contributed by atoms with Crippen LogP contribution in [-0.2, 0) is 11.3 Å². The van der Waals surface area contributed by atoms with Crippen molar-refractivity contribution in [1.29, 1.82) is 0 Å². The van der Waals surface area contributed by atoms with E-state index in [1.54, 1.807) is 0 Å². The van der Waals surface area contributed by atoms with E-state index in [0.717, 1.165) is 17.4 Å². The highest BCUT2D eigenvalue weighted by Gasteiger charge is 2.14. The molecule has 0 bridgehead atoms. The van der Waals surface area contributed by atoms with Crippen LogP contribution >= 0.6 is 0 Å². The van der Waals surface area contributed by atoms with Gasteiger partial charge >= 0.3 is 0 Å². The van der Waals surface area contributed by atoms with Gasteiger partial charge in [-0.2, -0.15) is 0 Å². The van der Waals surface area contributed by atoms with Crippen LogP contribution in [0.3, 0.4) is 0 Å². The average molecular weight is 464 g/mol. The molecule has 0 heterocycles. The van der Waals surface area contributed by atoms with Gasteiger partial charge < -0.3 is 19.5 Å². The van der Waals surface area contributed by atoms with Crippen molar-refractivity contribution < 1.29 is 19.5 Å². The van der Waals surface area contributed by atoms with Gasteiger partial charge in [-0.25, -0.2) is 0 Å². The molecule has 0 radical (unpaired) electrons. The Morgan fingerprint density at radius 1 is 0.758 bits per heavy atom. The van der Waals surface area contributed by atoms with Gasteiger partial charge in [-0.15, -0.1) is 0 Å². The second-order valence-corrected chi connectivity index (χ2v) is 10.1. The number of benzene rings is 1. The number of carboxylic acid groups (broad SMARTS) is 1. The lowest BCUT2D eigenvalue weighted by molar-refractivity contribution is -0.903. The molecule has 0 aromatic heterocycles. The standard InChI is InChI=1S/C23H42N.C6H12O3/c1-4-5-6-7-8-9-10-11-12-13-14-18-21-24(2,3)22-23-19-16-15-17-20-23;7-5-3-1-2-4-6(8)9/h15-17,19-20H,4-14,18,21-22H2,1-3H3;7H,1-5H2,(H,8,9)/q+1;/p-1. The largest absolute Gasteiger partial charge is 0.550 e. The number of aliphatic carboxylic acids is 1. The molecule has 0 aliphatic rings. The Kier molecular flexibility index (Phi) is 21.5. The Labute approximate surface area is 205 Å². The predicted molar refractivity (Wildman–Crippen MR) is 139 cm³/mol. The van der Waals surface area contributed by atoms with Crippen LogP contribution in [0.2, 0.25) is 0 Å². The number of rotatable bonds is 20. The lowest BCUT2D eigenvalue weighted by atomic mass is 10.1. The van der Waals surface area contributed by atoms with Gasteiger partial charge in [0.05, 0.1) is 20.6 Å². The summed E-state index contributed by atoms with van der Waals surface area (Å²) in [6.45, 7) is 4.89. The van der Waals surface area contributed by atoms with Crippen LogP contribution in [0.1, 0.15) is 115 Å². The third-order valence-electron chi connectivity index (χ3n) is 6.11. The summed E-state index contributed by atoms with van der Waals surface area (Å²) < 4.78 is 1.11. The topological polar surface area (TPSA) is 60.4 Å². The molecule has 1 aromatic carbocycles. The minimum absolute atomic E-state index is 0.111. The molecule has 0 spiro atoms. The molecule has 1 aromatic rings. The molecule has 0 saturated carbocycles. The Morgan fingerprint density at radius 3 is 1.73 bits per heavy atom. The van der Waals surface area contributed by atoms with Crippen LogP contribution in [0.4, 0.5) is 0 Å². The SMILES string of the molecule is CCCCCCCCCCCCCC[N+](C)(C)Cc1ccccc1.O=C([O-])CCCCCO. The average Bonchev–Trinajstić information content (AvgIpc) is 2.78. The van der Waals surface area contributed by atoms with Gasteiger partial charge in [0.1, 0.15) is 6.54 Å². The quantitative estimate of drug-likeness (QED) is 0.183. The highest BCUT2D eigenvalue weighted by Crippen LogP contribution is 2.14. The second kappa shape index (κ2) is 22.4. The number of hydrogen-bond donors (Lipinski definition) is 1. The molecule has 0 aliphatic heterocycles. The molecule has 0 unspecified atom stereocenters. The first kappa shape index (κ1) is 31.6. The first-order chi connectivity index (χ1) is 15.9. The van der Waals surface area contributed by atoms with Crippen molar-refractivity contribution >= 4 is 5.97 Å². The summed E-state index contributed by atoms with van der Waals surface area (Å²) in [6.07, 6.45) is 19.4. The summed E-state index contributed by atoms with van der Waals surface area (Å²) in [5.74, 6) is -1.01. The Balaban J connectivity index is 0.000000960. The third-order valence-corrected chi connectivity index (χ3v) is 6.11. The molecule has 0 aliphatic carbocycles. The lowest BCUT2D eigenvalue weighted by Crippen LogP contribution is -2.39. The number of aliphatic hydroxyl groups excluding tert-OH is 1. The van der Waals surface area contributed by atoms with E-state index in [1.807, 2.05) is 0 Å². The van der Waals surface area contributed by atoms with Crippen molar-refractivity contribution in [3.63, 3.8) is 0 Å². The summed E-state index contributed by atoms with van der Waals surface area (Å²) in [4.78, 5) is 9.79. The zero-order valence-corrected chi connectivity index (χ0v) is 22.0. The Bertz CT molecular complexity index is 545. The normalized spacial score (nSPS) is 11.2. The molecular formula is C29H53NO3. The smallest absolute Gasteiger partial charge is 0.104 e. The van der Waals surface area contributed by atoms with Crippen LogP contribution in [0.5, 0.6) is 0 Å². The number of carbonyl (C=O) groups is 1. The van der Waals surface area contributed by atoms with Gasteiger partial charge in [0.2, 0.25) is 0 Å². The van der Waals surface area contributed by atoms with E-state index in [9.17, 15) is 9.90 Å². The van der Waals surface area contributed by atoms with E-state index in [2.05, 4.69) is 51.4 Å². The van der Waals surface area contributed by atoms with Crippen molar-refractivity contribution in [2.45, 2.75) is 116 Å².